The summed E-state index contributed by atoms with van der Waals surface area (Å²) >= 11 is 3.34. The first-order valence-corrected chi connectivity index (χ1v) is 5.70. The molecule has 1 atom stereocenters. The Kier molecular flexibility index (Phi) is 2.45. The summed E-state index contributed by atoms with van der Waals surface area (Å²) in [5, 5.41) is 0. The zero-order valence-electron chi connectivity index (χ0n) is 8.68. The van der Waals surface area contributed by atoms with E-state index in [1.807, 2.05) is 13.8 Å². The summed E-state index contributed by atoms with van der Waals surface area (Å²) < 4.78 is 13.7. The second-order valence-electron chi connectivity index (χ2n) is 4.57. The van der Waals surface area contributed by atoms with E-state index in [4.69, 9.17) is 0 Å². The van der Waals surface area contributed by atoms with Crippen molar-refractivity contribution in [2.75, 3.05) is 0 Å². The monoisotopic (exact) mass is 270 g/mol. The van der Waals surface area contributed by atoms with E-state index in [1.165, 1.54) is 12.1 Å². The number of hydrogen-bond acceptors (Lipinski definition) is 1. The lowest BCUT2D eigenvalue weighted by Gasteiger charge is -2.43. The number of carbonyl (C=O) groups excluding carboxylic acids is 1. The Morgan fingerprint density at radius 2 is 2.13 bits per heavy atom. The molecule has 1 unspecified atom stereocenters. The predicted molar refractivity (Wildman–Crippen MR) is 60.2 cm³/mol. The minimum absolute atomic E-state index is 0.208. The lowest BCUT2D eigenvalue weighted by molar-refractivity contribution is -0.138. The number of hydrogen-bond donors (Lipinski definition) is 0. The van der Waals surface area contributed by atoms with Gasteiger partial charge in [0.2, 0.25) is 0 Å². The van der Waals surface area contributed by atoms with Gasteiger partial charge in [0.1, 0.15) is 11.6 Å². The molecule has 80 valence electrons. The maximum Gasteiger partial charge on any atom is 0.139 e. The van der Waals surface area contributed by atoms with Crippen molar-refractivity contribution in [3.8, 4) is 0 Å². The molecule has 0 N–H and O–H groups in total. The molecule has 1 saturated carbocycles. The smallest absolute Gasteiger partial charge is 0.139 e. The lowest BCUT2D eigenvalue weighted by Crippen LogP contribution is -2.43. The van der Waals surface area contributed by atoms with Gasteiger partial charge in [-0.15, -0.1) is 0 Å². The summed E-state index contributed by atoms with van der Waals surface area (Å²) in [6.07, 6.45) is 0.567. The van der Waals surface area contributed by atoms with E-state index in [0.29, 0.717) is 6.42 Å². The van der Waals surface area contributed by atoms with Crippen LogP contribution in [0.15, 0.2) is 22.7 Å². The molecule has 0 bridgehead atoms. The predicted octanol–water partition coefficient (Wildman–Crippen LogP) is 3.67. The molecule has 1 fully saturated rings. The van der Waals surface area contributed by atoms with Crippen molar-refractivity contribution < 1.29 is 9.18 Å². The number of halogens is 2. The van der Waals surface area contributed by atoms with E-state index in [-0.39, 0.29) is 22.9 Å². The van der Waals surface area contributed by atoms with Gasteiger partial charge in [-0.05, 0) is 17.7 Å². The Morgan fingerprint density at radius 1 is 1.47 bits per heavy atom. The number of rotatable bonds is 1. The van der Waals surface area contributed by atoms with Crippen molar-refractivity contribution in [1.29, 1.82) is 0 Å². The molecular formula is C12H12BrFO. The highest BCUT2D eigenvalue weighted by Crippen LogP contribution is 2.50. The van der Waals surface area contributed by atoms with Gasteiger partial charge in [0.05, 0.1) is 0 Å². The van der Waals surface area contributed by atoms with Crippen LogP contribution in [-0.2, 0) is 4.79 Å². The highest BCUT2D eigenvalue weighted by atomic mass is 79.9. The fraction of sp³-hybridized carbons (Fsp3) is 0.417. The molecule has 0 heterocycles. The van der Waals surface area contributed by atoms with Crippen LogP contribution in [0.1, 0.15) is 31.7 Å². The Labute approximate surface area is 96.8 Å². The van der Waals surface area contributed by atoms with Gasteiger partial charge in [0.25, 0.3) is 0 Å². The fourth-order valence-electron chi connectivity index (χ4n) is 2.05. The normalized spacial score (nSPS) is 23.7. The van der Waals surface area contributed by atoms with Crippen LogP contribution in [0.5, 0.6) is 0 Å². The summed E-state index contributed by atoms with van der Waals surface area (Å²) in [7, 11) is 0. The highest BCUT2D eigenvalue weighted by Gasteiger charge is 2.48. The third-order valence-corrected chi connectivity index (χ3v) is 4.00. The number of Topliss-reactive ketones (excluding diaryl/α,β-unsaturated/α-hetero) is 1. The highest BCUT2D eigenvalue weighted by molar-refractivity contribution is 9.10. The summed E-state index contributed by atoms with van der Waals surface area (Å²) in [5.74, 6) is 0.234. The van der Waals surface area contributed by atoms with Crippen molar-refractivity contribution in [2.45, 2.75) is 26.2 Å². The van der Waals surface area contributed by atoms with Crippen molar-refractivity contribution in [3.63, 3.8) is 0 Å². The molecule has 0 spiro atoms. The average molecular weight is 271 g/mol. The topological polar surface area (TPSA) is 17.1 Å². The van der Waals surface area contributed by atoms with Crippen molar-refractivity contribution in [2.24, 2.45) is 5.41 Å². The molecular weight excluding hydrogens is 259 g/mol. The minimum Gasteiger partial charge on any atom is -0.299 e. The summed E-state index contributed by atoms with van der Waals surface area (Å²) in [4.78, 5) is 11.4. The molecule has 15 heavy (non-hydrogen) atoms. The van der Waals surface area contributed by atoms with Gasteiger partial charge in [0.15, 0.2) is 0 Å². The van der Waals surface area contributed by atoms with Crippen molar-refractivity contribution >= 4 is 21.7 Å². The minimum atomic E-state index is -0.305. The Bertz CT molecular complexity index is 426. The second-order valence-corrected chi connectivity index (χ2v) is 5.42. The van der Waals surface area contributed by atoms with E-state index < -0.39 is 0 Å². The molecule has 1 nitrogen and oxygen atoms in total. The van der Waals surface area contributed by atoms with Crippen LogP contribution in [-0.4, -0.2) is 5.78 Å². The second kappa shape index (κ2) is 3.41. The first-order valence-electron chi connectivity index (χ1n) is 4.91. The van der Waals surface area contributed by atoms with Crippen LogP contribution in [0.3, 0.4) is 0 Å². The number of carbonyl (C=O) groups is 1. The quantitative estimate of drug-likeness (QED) is 0.761. The van der Waals surface area contributed by atoms with Crippen LogP contribution >= 0.6 is 15.9 Å². The van der Waals surface area contributed by atoms with Gasteiger partial charge >= 0.3 is 0 Å². The molecule has 0 saturated heterocycles. The van der Waals surface area contributed by atoms with Gasteiger partial charge in [-0.2, -0.15) is 0 Å². The fourth-order valence-corrected chi connectivity index (χ4v) is 2.68. The molecule has 1 aromatic carbocycles. The van der Waals surface area contributed by atoms with E-state index in [0.717, 1.165) is 10.0 Å². The molecule has 1 aromatic rings. The SMILES string of the molecule is CC1(C)C(=O)CC1c1ccc(F)cc1Br. The van der Waals surface area contributed by atoms with E-state index >= 15 is 0 Å². The van der Waals surface area contributed by atoms with Crippen LogP contribution < -0.4 is 0 Å². The van der Waals surface area contributed by atoms with Gasteiger partial charge < -0.3 is 0 Å². The third-order valence-electron chi connectivity index (χ3n) is 3.32. The molecule has 1 aliphatic rings. The summed E-state index contributed by atoms with van der Waals surface area (Å²) in [6.45, 7) is 3.89. The third kappa shape index (κ3) is 1.63. The summed E-state index contributed by atoms with van der Waals surface area (Å²) in [5.41, 5.74) is 0.723. The van der Waals surface area contributed by atoms with E-state index in [1.54, 1.807) is 6.07 Å². The Hall–Kier alpha value is -0.700. The zero-order chi connectivity index (χ0) is 11.2. The molecule has 2 rings (SSSR count). The Balaban J connectivity index is 2.36. The van der Waals surface area contributed by atoms with Crippen LogP contribution in [0, 0.1) is 11.2 Å². The van der Waals surface area contributed by atoms with Gasteiger partial charge in [-0.3, -0.25) is 4.79 Å². The van der Waals surface area contributed by atoms with Crippen LogP contribution in [0.4, 0.5) is 4.39 Å². The molecule has 1 aliphatic carbocycles. The molecule has 0 radical (unpaired) electrons. The van der Waals surface area contributed by atoms with Crippen LogP contribution in [0.25, 0.3) is 0 Å². The first kappa shape index (κ1) is 10.8. The Morgan fingerprint density at radius 3 is 2.60 bits per heavy atom. The standard InChI is InChI=1S/C12H12BrFO/c1-12(2)9(6-11(12)15)8-4-3-7(14)5-10(8)13/h3-5,9H,6H2,1-2H3. The molecule has 0 aromatic heterocycles. The maximum absolute atomic E-state index is 12.9. The van der Waals surface area contributed by atoms with Gasteiger partial charge in [0, 0.05) is 22.2 Å². The molecule has 3 heteroatoms. The number of benzene rings is 1. The van der Waals surface area contributed by atoms with E-state index in [2.05, 4.69) is 15.9 Å². The van der Waals surface area contributed by atoms with Crippen molar-refractivity contribution in [1.82, 2.24) is 0 Å². The zero-order valence-corrected chi connectivity index (χ0v) is 10.3. The summed E-state index contributed by atoms with van der Waals surface area (Å²) in [6, 6.07) is 4.66. The molecule has 0 aliphatic heterocycles. The van der Waals surface area contributed by atoms with Crippen LogP contribution in [0.2, 0.25) is 0 Å². The van der Waals surface area contributed by atoms with Crippen molar-refractivity contribution in [3.05, 3.63) is 34.1 Å². The van der Waals surface area contributed by atoms with Gasteiger partial charge in [-0.25, -0.2) is 4.39 Å². The number of ketones is 1. The van der Waals surface area contributed by atoms with E-state index in [9.17, 15) is 9.18 Å². The largest absolute Gasteiger partial charge is 0.299 e. The van der Waals surface area contributed by atoms with Gasteiger partial charge in [-0.1, -0.05) is 35.8 Å². The average Bonchev–Trinajstić information content (AvgIpc) is 2.15. The lowest BCUT2D eigenvalue weighted by atomic mass is 9.59. The first-order chi connectivity index (χ1) is 6.93. The molecule has 0 amide bonds. The maximum atomic E-state index is 12.9.